The molecule has 106 valence electrons. The van der Waals surface area contributed by atoms with E-state index in [4.69, 9.17) is 0 Å². The topological polar surface area (TPSA) is 32.3 Å². The normalized spacial score (nSPS) is 12.3. The largest absolute Gasteiger partial charge is 0.508 e. The Morgan fingerprint density at radius 3 is 2.45 bits per heavy atom. The number of rotatable bonds is 6. The van der Waals surface area contributed by atoms with E-state index >= 15 is 0 Å². The zero-order valence-electron chi connectivity index (χ0n) is 11.6. The van der Waals surface area contributed by atoms with Crippen molar-refractivity contribution in [2.24, 2.45) is 0 Å². The number of hydrogen-bond acceptors (Lipinski definition) is 2. The van der Waals surface area contributed by atoms with Crippen LogP contribution in [-0.4, -0.2) is 11.7 Å². The zero-order valence-corrected chi connectivity index (χ0v) is 11.6. The van der Waals surface area contributed by atoms with E-state index in [0.717, 1.165) is 30.5 Å². The molecule has 0 aromatic heterocycles. The highest BCUT2D eigenvalue weighted by Crippen LogP contribution is 2.19. The molecule has 0 saturated carbocycles. The second-order valence-electron chi connectivity index (χ2n) is 4.85. The maximum Gasteiger partial charge on any atom is 0.127 e. The molecule has 1 atom stereocenters. The Morgan fingerprint density at radius 1 is 1.10 bits per heavy atom. The van der Waals surface area contributed by atoms with E-state index in [9.17, 15) is 9.50 Å². The van der Waals surface area contributed by atoms with Gasteiger partial charge in [-0.3, -0.25) is 0 Å². The second kappa shape index (κ2) is 7.06. The van der Waals surface area contributed by atoms with Crippen LogP contribution in [0.2, 0.25) is 0 Å². The molecule has 0 aliphatic carbocycles. The molecule has 0 heterocycles. The summed E-state index contributed by atoms with van der Waals surface area (Å²) in [5.41, 5.74) is 1.87. The van der Waals surface area contributed by atoms with Crippen LogP contribution in [0.25, 0.3) is 0 Å². The van der Waals surface area contributed by atoms with Crippen LogP contribution >= 0.6 is 0 Å². The fraction of sp³-hybridized carbons (Fsp3) is 0.294. The molecule has 0 bridgehead atoms. The Labute approximate surface area is 119 Å². The molecule has 1 unspecified atom stereocenters. The van der Waals surface area contributed by atoms with E-state index in [1.165, 1.54) is 6.07 Å². The van der Waals surface area contributed by atoms with E-state index in [0.29, 0.717) is 0 Å². The maximum atomic E-state index is 13.8. The molecule has 0 aliphatic rings. The van der Waals surface area contributed by atoms with Crippen molar-refractivity contribution in [2.45, 2.75) is 25.8 Å². The Kier molecular flexibility index (Phi) is 5.13. The molecule has 0 saturated heterocycles. The van der Waals surface area contributed by atoms with Crippen molar-refractivity contribution in [2.75, 3.05) is 6.54 Å². The molecule has 3 heteroatoms. The molecular weight excluding hydrogens is 253 g/mol. The smallest absolute Gasteiger partial charge is 0.127 e. The second-order valence-corrected chi connectivity index (χ2v) is 4.85. The van der Waals surface area contributed by atoms with Gasteiger partial charge in [0.25, 0.3) is 0 Å². The molecule has 2 N–H and O–H groups in total. The number of phenolic OH excluding ortho intramolecular Hbond substituents is 1. The first-order chi connectivity index (χ1) is 9.70. The van der Waals surface area contributed by atoms with Gasteiger partial charge >= 0.3 is 0 Å². The van der Waals surface area contributed by atoms with Crippen LogP contribution in [0.4, 0.5) is 4.39 Å². The van der Waals surface area contributed by atoms with Crippen molar-refractivity contribution in [1.82, 2.24) is 5.32 Å². The third-order valence-electron chi connectivity index (χ3n) is 3.43. The van der Waals surface area contributed by atoms with E-state index in [1.807, 2.05) is 31.2 Å². The SMILES string of the molecule is CCC(NCCc1ccc(O)cc1)c1ccccc1F. The molecule has 2 rings (SSSR count). The minimum atomic E-state index is -0.156. The minimum absolute atomic E-state index is 0.0355. The highest BCUT2D eigenvalue weighted by Gasteiger charge is 2.12. The van der Waals surface area contributed by atoms with Gasteiger partial charge in [0.15, 0.2) is 0 Å². The Hall–Kier alpha value is -1.87. The lowest BCUT2D eigenvalue weighted by Crippen LogP contribution is -2.24. The third kappa shape index (κ3) is 3.81. The molecule has 0 amide bonds. The van der Waals surface area contributed by atoms with Crippen molar-refractivity contribution in [3.05, 3.63) is 65.5 Å². The van der Waals surface area contributed by atoms with Gasteiger partial charge in [0.1, 0.15) is 11.6 Å². The summed E-state index contributed by atoms with van der Waals surface area (Å²) >= 11 is 0. The van der Waals surface area contributed by atoms with Crippen LogP contribution < -0.4 is 5.32 Å². The molecule has 2 aromatic rings. The summed E-state index contributed by atoms with van der Waals surface area (Å²) in [6, 6.07) is 14.1. The minimum Gasteiger partial charge on any atom is -0.508 e. The Morgan fingerprint density at radius 2 is 1.80 bits per heavy atom. The van der Waals surface area contributed by atoms with Crippen molar-refractivity contribution < 1.29 is 9.50 Å². The van der Waals surface area contributed by atoms with Gasteiger partial charge < -0.3 is 10.4 Å². The van der Waals surface area contributed by atoms with Gasteiger partial charge in [-0.15, -0.1) is 0 Å². The molecule has 0 spiro atoms. The van der Waals surface area contributed by atoms with Crippen LogP contribution in [0.5, 0.6) is 5.75 Å². The van der Waals surface area contributed by atoms with Gasteiger partial charge in [0, 0.05) is 11.6 Å². The van der Waals surface area contributed by atoms with Gasteiger partial charge in [-0.05, 0) is 43.1 Å². The summed E-state index contributed by atoms with van der Waals surface area (Å²) < 4.78 is 13.8. The lowest BCUT2D eigenvalue weighted by molar-refractivity contribution is 0.474. The highest BCUT2D eigenvalue weighted by atomic mass is 19.1. The molecule has 0 fully saturated rings. The van der Waals surface area contributed by atoms with Crippen molar-refractivity contribution in [3.63, 3.8) is 0 Å². The molecule has 20 heavy (non-hydrogen) atoms. The first kappa shape index (κ1) is 14.5. The van der Waals surface area contributed by atoms with Crippen molar-refractivity contribution in [3.8, 4) is 5.75 Å². The standard InChI is InChI=1S/C17H20FNO/c1-2-17(15-5-3-4-6-16(15)18)19-12-11-13-7-9-14(20)10-8-13/h3-10,17,19-20H,2,11-12H2,1H3. The number of nitrogens with one attached hydrogen (secondary N) is 1. The summed E-state index contributed by atoms with van der Waals surface area (Å²) in [5.74, 6) is 0.121. The van der Waals surface area contributed by atoms with Gasteiger partial charge in [-0.1, -0.05) is 37.3 Å². The quantitative estimate of drug-likeness (QED) is 0.838. The molecule has 2 nitrogen and oxygen atoms in total. The lowest BCUT2D eigenvalue weighted by Gasteiger charge is -2.18. The zero-order chi connectivity index (χ0) is 14.4. The summed E-state index contributed by atoms with van der Waals surface area (Å²) in [7, 11) is 0. The lowest BCUT2D eigenvalue weighted by atomic mass is 10.0. The number of halogens is 1. The van der Waals surface area contributed by atoms with Crippen LogP contribution in [0.15, 0.2) is 48.5 Å². The number of hydrogen-bond donors (Lipinski definition) is 2. The van der Waals surface area contributed by atoms with Gasteiger partial charge in [0.2, 0.25) is 0 Å². The van der Waals surface area contributed by atoms with E-state index in [1.54, 1.807) is 18.2 Å². The number of phenols is 1. The Bertz CT molecular complexity index is 539. The molecule has 0 radical (unpaired) electrons. The first-order valence-corrected chi connectivity index (χ1v) is 6.96. The van der Waals surface area contributed by atoms with Crippen LogP contribution in [0, 0.1) is 5.82 Å². The Balaban J connectivity index is 1.91. The average molecular weight is 273 g/mol. The first-order valence-electron chi connectivity index (χ1n) is 6.96. The van der Waals surface area contributed by atoms with E-state index < -0.39 is 0 Å². The molecular formula is C17H20FNO. The van der Waals surface area contributed by atoms with Crippen LogP contribution in [0.3, 0.4) is 0 Å². The van der Waals surface area contributed by atoms with Crippen LogP contribution in [0.1, 0.15) is 30.5 Å². The van der Waals surface area contributed by atoms with E-state index in [2.05, 4.69) is 5.32 Å². The summed E-state index contributed by atoms with van der Waals surface area (Å²) in [6.45, 7) is 2.82. The monoisotopic (exact) mass is 273 g/mol. The predicted molar refractivity (Wildman–Crippen MR) is 79.2 cm³/mol. The molecule has 0 aliphatic heterocycles. The third-order valence-corrected chi connectivity index (χ3v) is 3.43. The van der Waals surface area contributed by atoms with Gasteiger partial charge in [-0.25, -0.2) is 4.39 Å². The predicted octanol–water partition coefficient (Wildman–Crippen LogP) is 3.81. The fourth-order valence-corrected chi connectivity index (χ4v) is 2.29. The summed E-state index contributed by atoms with van der Waals surface area (Å²) in [5, 5.41) is 12.6. The number of aromatic hydroxyl groups is 1. The highest BCUT2D eigenvalue weighted by molar-refractivity contribution is 5.26. The van der Waals surface area contributed by atoms with Crippen LogP contribution in [-0.2, 0) is 6.42 Å². The number of benzene rings is 2. The van der Waals surface area contributed by atoms with Gasteiger partial charge in [0.05, 0.1) is 0 Å². The average Bonchev–Trinajstić information content (AvgIpc) is 2.47. The summed E-state index contributed by atoms with van der Waals surface area (Å²) in [4.78, 5) is 0. The summed E-state index contributed by atoms with van der Waals surface area (Å²) in [6.07, 6.45) is 1.70. The van der Waals surface area contributed by atoms with E-state index in [-0.39, 0.29) is 17.6 Å². The van der Waals surface area contributed by atoms with Crippen molar-refractivity contribution in [1.29, 1.82) is 0 Å². The maximum absolute atomic E-state index is 13.8. The molecule has 2 aromatic carbocycles. The fourth-order valence-electron chi connectivity index (χ4n) is 2.29. The van der Waals surface area contributed by atoms with Gasteiger partial charge in [-0.2, -0.15) is 0 Å². The van der Waals surface area contributed by atoms with Crippen molar-refractivity contribution >= 4 is 0 Å².